The van der Waals surface area contributed by atoms with Crippen molar-refractivity contribution < 1.29 is 4.92 Å². The number of aromatic nitrogens is 4. The minimum atomic E-state index is -0.415. The smallest absolute Gasteiger partial charge is 0.326 e. The second-order valence-corrected chi connectivity index (χ2v) is 8.23. The second kappa shape index (κ2) is 8.50. The highest BCUT2D eigenvalue weighted by atomic mass is 16.6. The summed E-state index contributed by atoms with van der Waals surface area (Å²) < 4.78 is 1.88. The van der Waals surface area contributed by atoms with Crippen molar-refractivity contribution in [3.63, 3.8) is 0 Å². The van der Waals surface area contributed by atoms with Crippen LogP contribution >= 0.6 is 0 Å². The number of anilines is 1. The lowest BCUT2D eigenvalue weighted by Crippen LogP contribution is -2.37. The van der Waals surface area contributed by atoms with E-state index in [1.165, 1.54) is 12.1 Å². The van der Waals surface area contributed by atoms with Gasteiger partial charge in [-0.2, -0.15) is 0 Å². The number of hydrogen-bond donors (Lipinski definition) is 1. The number of nitro groups is 1. The van der Waals surface area contributed by atoms with Crippen LogP contribution in [0.5, 0.6) is 0 Å². The van der Waals surface area contributed by atoms with Gasteiger partial charge < -0.3 is 9.88 Å². The number of fused-ring (bicyclic) bond motifs is 1. The molecule has 0 saturated carbocycles. The zero-order valence-electron chi connectivity index (χ0n) is 18.3. The molecule has 2 aromatic carbocycles. The average molecular weight is 444 g/mol. The van der Waals surface area contributed by atoms with E-state index in [1.54, 1.807) is 12.1 Å². The Morgan fingerprint density at radius 2 is 1.82 bits per heavy atom. The van der Waals surface area contributed by atoms with Gasteiger partial charge in [-0.05, 0) is 43.5 Å². The third-order valence-corrected chi connectivity index (χ3v) is 6.24. The standard InChI is InChI=1S/C24H24N6O3/c1-2-17-15-22(27-23(25-17)16-7-9-19(10-8-16)30(32)33)28-13-11-18(12-14-28)29-21-6-4-3-5-20(21)26-24(29)31/h3-10,15,18H,2,11-14H2,1H3,(H,26,31). The van der Waals surface area contributed by atoms with Crippen molar-refractivity contribution in [2.24, 2.45) is 0 Å². The first kappa shape index (κ1) is 20.9. The van der Waals surface area contributed by atoms with Crippen LogP contribution in [0.4, 0.5) is 11.5 Å². The lowest BCUT2D eigenvalue weighted by atomic mass is 10.0. The summed E-state index contributed by atoms with van der Waals surface area (Å²) in [5.41, 5.74) is 3.45. The fraction of sp³-hybridized carbons (Fsp3) is 0.292. The maximum Gasteiger partial charge on any atom is 0.326 e. The molecule has 168 valence electrons. The predicted molar refractivity (Wildman–Crippen MR) is 127 cm³/mol. The van der Waals surface area contributed by atoms with Crippen molar-refractivity contribution in [1.29, 1.82) is 0 Å². The van der Waals surface area contributed by atoms with E-state index in [0.717, 1.165) is 60.5 Å². The second-order valence-electron chi connectivity index (χ2n) is 8.23. The lowest BCUT2D eigenvalue weighted by Gasteiger charge is -2.33. The number of nitrogens with one attached hydrogen (secondary N) is 1. The molecule has 4 aromatic rings. The van der Waals surface area contributed by atoms with Gasteiger partial charge in [-0.3, -0.25) is 14.7 Å². The number of hydrogen-bond acceptors (Lipinski definition) is 6. The Balaban J connectivity index is 1.39. The van der Waals surface area contributed by atoms with E-state index in [4.69, 9.17) is 4.98 Å². The molecule has 1 saturated heterocycles. The highest BCUT2D eigenvalue weighted by Gasteiger charge is 2.25. The van der Waals surface area contributed by atoms with Crippen LogP contribution in [0.1, 0.15) is 31.5 Å². The number of aromatic amines is 1. The van der Waals surface area contributed by atoms with Crippen LogP contribution in [-0.2, 0) is 6.42 Å². The molecule has 33 heavy (non-hydrogen) atoms. The van der Waals surface area contributed by atoms with Gasteiger partial charge in [0, 0.05) is 48.6 Å². The molecule has 0 atom stereocenters. The molecule has 1 fully saturated rings. The fourth-order valence-corrected chi connectivity index (χ4v) is 4.48. The summed E-state index contributed by atoms with van der Waals surface area (Å²) in [5, 5.41) is 11.0. The topological polar surface area (TPSA) is 110 Å². The molecule has 0 radical (unpaired) electrons. The number of nitrogens with zero attached hydrogens (tertiary/aromatic N) is 5. The van der Waals surface area contributed by atoms with Gasteiger partial charge in [0.2, 0.25) is 0 Å². The summed E-state index contributed by atoms with van der Waals surface area (Å²) in [6, 6.07) is 16.2. The highest BCUT2D eigenvalue weighted by Crippen LogP contribution is 2.29. The number of benzene rings is 2. The Morgan fingerprint density at radius 1 is 1.09 bits per heavy atom. The molecule has 0 amide bonds. The molecule has 1 aliphatic rings. The predicted octanol–water partition coefficient (Wildman–Crippen LogP) is 4.10. The maximum atomic E-state index is 12.6. The Hall–Kier alpha value is -4.01. The van der Waals surface area contributed by atoms with Crippen LogP contribution in [0.3, 0.4) is 0 Å². The normalized spacial score (nSPS) is 14.6. The van der Waals surface area contributed by atoms with Crippen LogP contribution in [0.25, 0.3) is 22.4 Å². The van der Waals surface area contributed by atoms with Crippen molar-refractivity contribution in [3.05, 3.63) is 80.9 Å². The highest BCUT2D eigenvalue weighted by molar-refractivity contribution is 5.75. The SMILES string of the molecule is CCc1cc(N2CCC(n3c(=O)[nH]c4ccccc43)CC2)nc(-c2ccc([N+](=O)[O-])cc2)n1. The Morgan fingerprint density at radius 3 is 2.52 bits per heavy atom. The van der Waals surface area contributed by atoms with Crippen LogP contribution in [0, 0.1) is 10.1 Å². The molecule has 0 aliphatic carbocycles. The van der Waals surface area contributed by atoms with Crippen molar-refractivity contribution in [1.82, 2.24) is 19.5 Å². The minimum Gasteiger partial charge on any atom is -0.356 e. The van der Waals surface area contributed by atoms with E-state index in [1.807, 2.05) is 41.8 Å². The van der Waals surface area contributed by atoms with Crippen LogP contribution in [0.15, 0.2) is 59.4 Å². The molecule has 1 N–H and O–H groups in total. The zero-order valence-corrected chi connectivity index (χ0v) is 18.3. The third kappa shape index (κ3) is 3.97. The van der Waals surface area contributed by atoms with Gasteiger partial charge in [0.1, 0.15) is 5.82 Å². The summed E-state index contributed by atoms with van der Waals surface area (Å²) in [4.78, 5) is 37.7. The molecule has 1 aliphatic heterocycles. The summed E-state index contributed by atoms with van der Waals surface area (Å²) in [5.74, 6) is 1.41. The molecular weight excluding hydrogens is 420 g/mol. The molecule has 0 unspecified atom stereocenters. The fourth-order valence-electron chi connectivity index (χ4n) is 4.48. The third-order valence-electron chi connectivity index (χ3n) is 6.24. The van der Waals surface area contributed by atoms with E-state index in [0.29, 0.717) is 5.82 Å². The monoisotopic (exact) mass is 444 g/mol. The summed E-state index contributed by atoms with van der Waals surface area (Å²) in [6.45, 7) is 3.59. The van der Waals surface area contributed by atoms with Crippen molar-refractivity contribution >= 4 is 22.5 Å². The molecule has 3 heterocycles. The Bertz CT molecular complexity index is 1370. The quantitative estimate of drug-likeness (QED) is 0.367. The number of nitro benzene ring substituents is 1. The number of imidazole rings is 1. The van der Waals surface area contributed by atoms with Gasteiger partial charge in [-0.1, -0.05) is 19.1 Å². The molecule has 0 bridgehead atoms. The van der Waals surface area contributed by atoms with Gasteiger partial charge in [-0.25, -0.2) is 14.8 Å². The van der Waals surface area contributed by atoms with E-state index in [9.17, 15) is 14.9 Å². The van der Waals surface area contributed by atoms with Crippen molar-refractivity contribution in [3.8, 4) is 11.4 Å². The molecule has 5 rings (SSSR count). The number of H-pyrrole nitrogens is 1. The maximum absolute atomic E-state index is 12.6. The van der Waals surface area contributed by atoms with Crippen LogP contribution in [-0.4, -0.2) is 37.5 Å². The summed E-state index contributed by atoms with van der Waals surface area (Å²) in [7, 11) is 0. The number of non-ortho nitro benzene ring substituents is 1. The number of piperidine rings is 1. The molecule has 9 heteroatoms. The number of aryl methyl sites for hydroxylation is 1. The van der Waals surface area contributed by atoms with Gasteiger partial charge >= 0.3 is 5.69 Å². The number of rotatable bonds is 5. The van der Waals surface area contributed by atoms with Crippen molar-refractivity contribution in [2.75, 3.05) is 18.0 Å². The van der Waals surface area contributed by atoms with E-state index in [2.05, 4.69) is 14.9 Å². The average Bonchev–Trinajstić information content (AvgIpc) is 3.19. The van der Waals surface area contributed by atoms with Gasteiger partial charge in [0.05, 0.1) is 16.0 Å². The largest absolute Gasteiger partial charge is 0.356 e. The molecule has 2 aromatic heterocycles. The van der Waals surface area contributed by atoms with Crippen LogP contribution < -0.4 is 10.6 Å². The first-order valence-electron chi connectivity index (χ1n) is 11.1. The van der Waals surface area contributed by atoms with Gasteiger partial charge in [0.15, 0.2) is 5.82 Å². The van der Waals surface area contributed by atoms with Gasteiger partial charge in [-0.15, -0.1) is 0 Å². The van der Waals surface area contributed by atoms with Gasteiger partial charge in [0.25, 0.3) is 5.69 Å². The first-order chi connectivity index (χ1) is 16.0. The van der Waals surface area contributed by atoms with E-state index in [-0.39, 0.29) is 17.4 Å². The Labute approximate surface area is 189 Å². The molecule has 9 nitrogen and oxygen atoms in total. The first-order valence-corrected chi connectivity index (χ1v) is 11.1. The molecular formula is C24H24N6O3. The Kier molecular flexibility index (Phi) is 5.37. The van der Waals surface area contributed by atoms with Crippen LogP contribution in [0.2, 0.25) is 0 Å². The number of para-hydroxylation sites is 2. The van der Waals surface area contributed by atoms with Crippen molar-refractivity contribution in [2.45, 2.75) is 32.2 Å². The molecule has 0 spiro atoms. The minimum absolute atomic E-state index is 0.0419. The summed E-state index contributed by atoms with van der Waals surface area (Å²) in [6.07, 6.45) is 2.43. The van der Waals surface area contributed by atoms with E-state index >= 15 is 0 Å². The zero-order chi connectivity index (χ0) is 22.9. The lowest BCUT2D eigenvalue weighted by molar-refractivity contribution is -0.384. The summed E-state index contributed by atoms with van der Waals surface area (Å²) >= 11 is 0. The van der Waals surface area contributed by atoms with E-state index < -0.39 is 4.92 Å².